The quantitative estimate of drug-likeness (QED) is 0.849. The Labute approximate surface area is 142 Å². The fourth-order valence-corrected chi connectivity index (χ4v) is 2.82. The molecule has 0 heterocycles. The maximum Gasteiger partial charge on any atom is 0.260 e. The van der Waals surface area contributed by atoms with Crippen LogP contribution in [0.4, 0.5) is 0 Å². The summed E-state index contributed by atoms with van der Waals surface area (Å²) >= 11 is 0. The molecular weight excluding hydrogens is 302 g/mol. The SMILES string of the molecule is COc1ccc(OC(C)C(=O)NCC2(c3ccccc3)CC2)cc1. The predicted molar refractivity (Wildman–Crippen MR) is 93.4 cm³/mol. The smallest absolute Gasteiger partial charge is 0.260 e. The van der Waals surface area contributed by atoms with Gasteiger partial charge in [-0.1, -0.05) is 30.3 Å². The van der Waals surface area contributed by atoms with Crippen molar-refractivity contribution in [1.29, 1.82) is 0 Å². The van der Waals surface area contributed by atoms with Gasteiger partial charge in [-0.15, -0.1) is 0 Å². The third-order valence-corrected chi connectivity index (χ3v) is 4.58. The Morgan fingerprint density at radius 3 is 2.29 bits per heavy atom. The number of hydrogen-bond donors (Lipinski definition) is 1. The van der Waals surface area contributed by atoms with Crippen LogP contribution >= 0.6 is 0 Å². The van der Waals surface area contributed by atoms with Gasteiger partial charge in [0.15, 0.2) is 6.10 Å². The third-order valence-electron chi connectivity index (χ3n) is 4.58. The van der Waals surface area contributed by atoms with E-state index in [1.54, 1.807) is 26.2 Å². The highest BCUT2D eigenvalue weighted by molar-refractivity contribution is 5.80. The summed E-state index contributed by atoms with van der Waals surface area (Å²) in [5, 5.41) is 3.04. The van der Waals surface area contributed by atoms with E-state index in [9.17, 15) is 4.79 Å². The average molecular weight is 325 g/mol. The minimum Gasteiger partial charge on any atom is -0.497 e. The number of benzene rings is 2. The summed E-state index contributed by atoms with van der Waals surface area (Å²) in [5.41, 5.74) is 1.41. The van der Waals surface area contributed by atoms with E-state index >= 15 is 0 Å². The molecule has 2 aromatic carbocycles. The van der Waals surface area contributed by atoms with Gasteiger partial charge in [0.1, 0.15) is 11.5 Å². The molecule has 1 saturated carbocycles. The number of ether oxygens (including phenoxy) is 2. The van der Waals surface area contributed by atoms with Gasteiger partial charge in [0.2, 0.25) is 0 Å². The Morgan fingerprint density at radius 2 is 1.71 bits per heavy atom. The van der Waals surface area contributed by atoms with Gasteiger partial charge in [-0.2, -0.15) is 0 Å². The monoisotopic (exact) mass is 325 g/mol. The molecule has 1 N–H and O–H groups in total. The van der Waals surface area contributed by atoms with Gasteiger partial charge < -0.3 is 14.8 Å². The second-order valence-electron chi connectivity index (χ2n) is 6.30. The van der Waals surface area contributed by atoms with Crippen LogP contribution in [0.5, 0.6) is 11.5 Å². The zero-order chi connectivity index (χ0) is 17.0. The molecular formula is C20H23NO3. The van der Waals surface area contributed by atoms with Crippen LogP contribution in [0.2, 0.25) is 0 Å². The summed E-state index contributed by atoms with van der Waals surface area (Å²) in [6, 6.07) is 17.6. The lowest BCUT2D eigenvalue weighted by Crippen LogP contribution is -2.40. The van der Waals surface area contributed by atoms with E-state index in [0.29, 0.717) is 12.3 Å². The number of amides is 1. The van der Waals surface area contributed by atoms with Crippen molar-refractivity contribution in [1.82, 2.24) is 5.32 Å². The summed E-state index contributed by atoms with van der Waals surface area (Å²) in [4.78, 5) is 12.3. The Hall–Kier alpha value is -2.49. The third kappa shape index (κ3) is 3.70. The number of carbonyl (C=O) groups excluding carboxylic acids is 1. The van der Waals surface area contributed by atoms with Crippen LogP contribution < -0.4 is 14.8 Å². The molecule has 4 nitrogen and oxygen atoms in total. The van der Waals surface area contributed by atoms with Crippen molar-refractivity contribution in [3.05, 3.63) is 60.2 Å². The van der Waals surface area contributed by atoms with E-state index < -0.39 is 6.10 Å². The van der Waals surface area contributed by atoms with Crippen LogP contribution in [-0.4, -0.2) is 25.7 Å². The van der Waals surface area contributed by atoms with Gasteiger partial charge in [-0.05, 0) is 49.6 Å². The average Bonchev–Trinajstić information content (AvgIpc) is 3.42. The molecule has 1 aliphatic rings. The fraction of sp³-hybridized carbons (Fsp3) is 0.350. The summed E-state index contributed by atoms with van der Waals surface area (Å²) < 4.78 is 10.8. The Morgan fingerprint density at radius 1 is 1.08 bits per heavy atom. The van der Waals surface area contributed by atoms with Crippen molar-refractivity contribution in [2.24, 2.45) is 0 Å². The Bertz CT molecular complexity index is 678. The highest BCUT2D eigenvalue weighted by Crippen LogP contribution is 2.47. The van der Waals surface area contributed by atoms with Gasteiger partial charge in [0.05, 0.1) is 7.11 Å². The summed E-state index contributed by atoms with van der Waals surface area (Å²) in [6.45, 7) is 2.42. The molecule has 4 heteroatoms. The maximum absolute atomic E-state index is 12.3. The van der Waals surface area contributed by atoms with Gasteiger partial charge in [-0.25, -0.2) is 0 Å². The molecule has 126 valence electrons. The molecule has 3 rings (SSSR count). The zero-order valence-electron chi connectivity index (χ0n) is 14.1. The first kappa shape index (κ1) is 16.4. The van der Waals surface area contributed by atoms with Crippen molar-refractivity contribution in [3.63, 3.8) is 0 Å². The number of nitrogens with one attached hydrogen (secondary N) is 1. The standard InChI is InChI=1S/C20H23NO3/c1-15(24-18-10-8-17(23-2)9-11-18)19(22)21-14-20(12-13-20)16-6-4-3-5-7-16/h3-11,15H,12-14H2,1-2H3,(H,21,22). The van der Waals surface area contributed by atoms with Gasteiger partial charge >= 0.3 is 0 Å². The number of rotatable bonds is 7. The lowest BCUT2D eigenvalue weighted by Gasteiger charge is -2.19. The number of hydrogen-bond acceptors (Lipinski definition) is 3. The summed E-state index contributed by atoms with van der Waals surface area (Å²) in [6.07, 6.45) is 1.70. The van der Waals surface area contributed by atoms with Crippen molar-refractivity contribution in [3.8, 4) is 11.5 Å². The molecule has 1 aliphatic carbocycles. The van der Waals surface area contributed by atoms with Gasteiger partial charge in [-0.3, -0.25) is 4.79 Å². The van der Waals surface area contributed by atoms with Crippen LogP contribution in [0.3, 0.4) is 0 Å². The molecule has 1 atom stereocenters. The molecule has 0 spiro atoms. The molecule has 0 aromatic heterocycles. The first-order chi connectivity index (χ1) is 11.6. The minimum absolute atomic E-state index is 0.0898. The van der Waals surface area contributed by atoms with E-state index in [1.807, 2.05) is 30.3 Å². The first-order valence-corrected chi connectivity index (χ1v) is 8.27. The molecule has 2 aromatic rings. The lowest BCUT2D eigenvalue weighted by atomic mass is 9.96. The second-order valence-corrected chi connectivity index (χ2v) is 6.30. The van der Waals surface area contributed by atoms with Crippen LogP contribution in [0.1, 0.15) is 25.3 Å². The highest BCUT2D eigenvalue weighted by atomic mass is 16.5. The maximum atomic E-state index is 12.3. The number of carbonyl (C=O) groups is 1. The van der Waals surface area contributed by atoms with Gasteiger partial charge in [0, 0.05) is 12.0 Å². The number of methoxy groups -OCH3 is 1. The zero-order valence-corrected chi connectivity index (χ0v) is 14.1. The lowest BCUT2D eigenvalue weighted by molar-refractivity contribution is -0.127. The molecule has 1 amide bonds. The van der Waals surface area contributed by atoms with Crippen molar-refractivity contribution >= 4 is 5.91 Å². The van der Waals surface area contributed by atoms with Crippen LogP contribution in [0, 0.1) is 0 Å². The van der Waals surface area contributed by atoms with E-state index in [0.717, 1.165) is 18.6 Å². The molecule has 24 heavy (non-hydrogen) atoms. The van der Waals surface area contributed by atoms with Crippen LogP contribution in [0.15, 0.2) is 54.6 Å². The van der Waals surface area contributed by atoms with Crippen LogP contribution in [0.25, 0.3) is 0 Å². The first-order valence-electron chi connectivity index (χ1n) is 8.27. The topological polar surface area (TPSA) is 47.6 Å². The summed E-state index contributed by atoms with van der Waals surface area (Å²) in [7, 11) is 1.62. The summed E-state index contributed by atoms with van der Waals surface area (Å²) in [5.74, 6) is 1.33. The Balaban J connectivity index is 1.53. The predicted octanol–water partition coefficient (Wildman–Crippen LogP) is 3.31. The molecule has 0 aliphatic heterocycles. The molecule has 1 fully saturated rings. The minimum atomic E-state index is -0.537. The Kier molecular flexibility index (Phi) is 4.74. The van der Waals surface area contributed by atoms with Gasteiger partial charge in [0.25, 0.3) is 5.91 Å². The van der Waals surface area contributed by atoms with Crippen molar-refractivity contribution in [2.45, 2.75) is 31.3 Å². The van der Waals surface area contributed by atoms with E-state index in [2.05, 4.69) is 17.4 Å². The van der Waals surface area contributed by atoms with E-state index in [1.165, 1.54) is 5.56 Å². The van der Waals surface area contributed by atoms with E-state index in [-0.39, 0.29) is 11.3 Å². The van der Waals surface area contributed by atoms with Crippen molar-refractivity contribution < 1.29 is 14.3 Å². The fourth-order valence-electron chi connectivity index (χ4n) is 2.82. The highest BCUT2D eigenvalue weighted by Gasteiger charge is 2.44. The normalized spacial score (nSPS) is 16.1. The molecule has 0 radical (unpaired) electrons. The van der Waals surface area contributed by atoms with Crippen molar-refractivity contribution in [2.75, 3.05) is 13.7 Å². The molecule has 0 bridgehead atoms. The van der Waals surface area contributed by atoms with Crippen LogP contribution in [-0.2, 0) is 10.2 Å². The molecule has 0 saturated heterocycles. The van der Waals surface area contributed by atoms with E-state index in [4.69, 9.17) is 9.47 Å². The largest absolute Gasteiger partial charge is 0.497 e. The molecule has 1 unspecified atom stereocenters. The second kappa shape index (κ2) is 6.95.